The van der Waals surface area contributed by atoms with Gasteiger partial charge in [-0.05, 0) is 120 Å². The Morgan fingerprint density at radius 3 is 1.29 bits per heavy atom. The van der Waals surface area contributed by atoms with Gasteiger partial charge >= 0.3 is 0 Å². The SMILES string of the molecule is c1ccc(-c2cc(-c3ccccc3)cc(-c3ccc(-c4ccc5oc6cc7c(cc6c5c4)-c4ccccc4C7(c4ccccc4)c4ccccc4)cc3)c2)cc1. The fourth-order valence-corrected chi connectivity index (χ4v) is 9.13. The molecule has 1 nitrogen and oxygen atoms in total. The van der Waals surface area contributed by atoms with Crippen molar-refractivity contribution in [3.05, 3.63) is 241 Å². The zero-order chi connectivity index (χ0) is 37.1. The van der Waals surface area contributed by atoms with Crippen LogP contribution < -0.4 is 0 Å². The van der Waals surface area contributed by atoms with Crippen LogP contribution in [0.1, 0.15) is 22.3 Å². The Bertz CT molecular complexity index is 2930. The van der Waals surface area contributed by atoms with E-state index in [2.05, 4.69) is 218 Å². The summed E-state index contributed by atoms with van der Waals surface area (Å²) in [5, 5.41) is 2.26. The molecule has 0 amide bonds. The third-order valence-corrected chi connectivity index (χ3v) is 11.7. The molecule has 0 fully saturated rings. The first-order valence-electron chi connectivity index (χ1n) is 19.3. The zero-order valence-electron chi connectivity index (χ0n) is 30.7. The van der Waals surface area contributed by atoms with E-state index in [0.29, 0.717) is 0 Å². The van der Waals surface area contributed by atoms with Crippen LogP contribution in [-0.2, 0) is 5.41 Å². The second-order valence-corrected chi connectivity index (χ2v) is 14.8. The van der Waals surface area contributed by atoms with Gasteiger partial charge in [0.25, 0.3) is 0 Å². The molecular formula is C55H36O. The number of fused-ring (bicyclic) bond motifs is 6. The highest BCUT2D eigenvalue weighted by Crippen LogP contribution is 2.57. The summed E-state index contributed by atoms with van der Waals surface area (Å²) in [7, 11) is 0. The highest BCUT2D eigenvalue weighted by atomic mass is 16.3. The van der Waals surface area contributed by atoms with Crippen molar-refractivity contribution >= 4 is 21.9 Å². The number of furan rings is 1. The van der Waals surface area contributed by atoms with Gasteiger partial charge in [0.05, 0.1) is 5.41 Å². The average Bonchev–Trinajstić information content (AvgIpc) is 3.79. The van der Waals surface area contributed by atoms with Crippen LogP contribution in [0.2, 0.25) is 0 Å². The molecule has 0 saturated heterocycles. The first-order valence-corrected chi connectivity index (χ1v) is 19.3. The second-order valence-electron chi connectivity index (χ2n) is 14.8. The van der Waals surface area contributed by atoms with Crippen molar-refractivity contribution in [2.45, 2.75) is 5.41 Å². The monoisotopic (exact) mass is 712 g/mol. The molecular weight excluding hydrogens is 677 g/mol. The third kappa shape index (κ3) is 5.09. The predicted molar refractivity (Wildman–Crippen MR) is 233 cm³/mol. The molecule has 0 N–H and O–H groups in total. The second kappa shape index (κ2) is 13.0. The van der Waals surface area contributed by atoms with Crippen LogP contribution in [0.5, 0.6) is 0 Å². The summed E-state index contributed by atoms with van der Waals surface area (Å²) in [6.07, 6.45) is 0. The Morgan fingerprint density at radius 2 is 0.714 bits per heavy atom. The first kappa shape index (κ1) is 32.2. The van der Waals surface area contributed by atoms with Crippen molar-refractivity contribution in [1.29, 1.82) is 0 Å². The summed E-state index contributed by atoms with van der Waals surface area (Å²) < 4.78 is 6.70. The van der Waals surface area contributed by atoms with Crippen molar-refractivity contribution < 1.29 is 4.42 Å². The standard InChI is InChI=1S/C55H36O/c1-5-15-37(16-6-1)42-31-43(38-17-7-2-8-18-38)33-44(32-42)40-27-25-39(26-28-40)41-29-30-53-49(34-41)50-35-48-47-23-13-14-24-51(47)55(45-19-9-3-10-20-45,46-21-11-4-12-22-46)52(48)36-54(50)56-53/h1-36H. The Balaban J connectivity index is 1.02. The summed E-state index contributed by atoms with van der Waals surface area (Å²) >= 11 is 0. The van der Waals surface area contributed by atoms with Crippen molar-refractivity contribution in [3.63, 3.8) is 0 Å². The highest BCUT2D eigenvalue weighted by Gasteiger charge is 2.46. The third-order valence-electron chi connectivity index (χ3n) is 11.7. The van der Waals surface area contributed by atoms with Crippen molar-refractivity contribution in [1.82, 2.24) is 0 Å². The van der Waals surface area contributed by atoms with E-state index in [1.807, 2.05) is 0 Å². The predicted octanol–water partition coefficient (Wildman–Crippen LogP) is 14.6. The number of hydrogen-bond acceptors (Lipinski definition) is 1. The van der Waals surface area contributed by atoms with Crippen LogP contribution in [-0.4, -0.2) is 0 Å². The maximum absolute atomic E-state index is 6.70. The normalized spacial score (nSPS) is 12.8. The van der Waals surface area contributed by atoms with Gasteiger partial charge in [-0.3, -0.25) is 0 Å². The number of rotatable bonds is 6. The topological polar surface area (TPSA) is 13.1 Å². The van der Waals surface area contributed by atoms with Crippen molar-refractivity contribution in [3.8, 4) is 55.6 Å². The van der Waals surface area contributed by atoms with Gasteiger partial charge in [0, 0.05) is 10.8 Å². The maximum Gasteiger partial charge on any atom is 0.135 e. The average molecular weight is 713 g/mol. The molecule has 0 radical (unpaired) electrons. The molecule has 56 heavy (non-hydrogen) atoms. The molecule has 1 heterocycles. The van der Waals surface area contributed by atoms with Crippen LogP contribution in [0.4, 0.5) is 0 Å². The number of benzene rings is 9. The molecule has 0 atom stereocenters. The van der Waals surface area contributed by atoms with Gasteiger partial charge in [0.15, 0.2) is 0 Å². The fraction of sp³-hybridized carbons (Fsp3) is 0.0182. The molecule has 11 rings (SSSR count). The van der Waals surface area contributed by atoms with Gasteiger partial charge in [-0.25, -0.2) is 0 Å². The van der Waals surface area contributed by atoms with E-state index in [1.54, 1.807) is 0 Å². The summed E-state index contributed by atoms with van der Waals surface area (Å²) in [4.78, 5) is 0. The smallest absolute Gasteiger partial charge is 0.135 e. The molecule has 1 aromatic heterocycles. The van der Waals surface area contributed by atoms with E-state index in [0.717, 1.165) is 21.9 Å². The van der Waals surface area contributed by atoms with Gasteiger partial charge < -0.3 is 4.42 Å². The Hall–Kier alpha value is -7.22. The maximum atomic E-state index is 6.70. The minimum atomic E-state index is -0.461. The Morgan fingerprint density at radius 1 is 0.268 bits per heavy atom. The summed E-state index contributed by atoms with van der Waals surface area (Å²) in [6, 6.07) is 79.3. The minimum absolute atomic E-state index is 0.461. The lowest BCUT2D eigenvalue weighted by Gasteiger charge is -2.33. The zero-order valence-corrected chi connectivity index (χ0v) is 30.7. The Labute approximate surface area is 326 Å². The summed E-state index contributed by atoms with van der Waals surface area (Å²) in [6.45, 7) is 0. The lowest BCUT2D eigenvalue weighted by Crippen LogP contribution is -2.28. The molecule has 262 valence electrons. The van der Waals surface area contributed by atoms with Gasteiger partial charge in [0.2, 0.25) is 0 Å². The van der Waals surface area contributed by atoms with Gasteiger partial charge in [0.1, 0.15) is 11.2 Å². The van der Waals surface area contributed by atoms with Crippen LogP contribution in [0.15, 0.2) is 223 Å². The molecule has 0 saturated carbocycles. The van der Waals surface area contributed by atoms with E-state index in [4.69, 9.17) is 4.42 Å². The van der Waals surface area contributed by atoms with E-state index >= 15 is 0 Å². The lowest BCUT2D eigenvalue weighted by molar-refractivity contribution is 0.666. The highest BCUT2D eigenvalue weighted by molar-refractivity contribution is 6.09. The molecule has 0 spiro atoms. The quantitative estimate of drug-likeness (QED) is 0.167. The van der Waals surface area contributed by atoms with E-state index in [9.17, 15) is 0 Å². The van der Waals surface area contributed by atoms with E-state index in [1.165, 1.54) is 77.9 Å². The molecule has 1 heteroatoms. The fourth-order valence-electron chi connectivity index (χ4n) is 9.13. The molecule has 1 aliphatic carbocycles. The molecule has 9 aromatic carbocycles. The molecule has 0 bridgehead atoms. The van der Waals surface area contributed by atoms with Gasteiger partial charge in [-0.2, -0.15) is 0 Å². The lowest BCUT2D eigenvalue weighted by atomic mass is 9.67. The summed E-state index contributed by atoms with van der Waals surface area (Å²) in [5.41, 5.74) is 18.5. The van der Waals surface area contributed by atoms with Crippen LogP contribution >= 0.6 is 0 Å². The summed E-state index contributed by atoms with van der Waals surface area (Å²) in [5.74, 6) is 0. The van der Waals surface area contributed by atoms with Gasteiger partial charge in [-0.1, -0.05) is 176 Å². The number of hydrogen-bond donors (Lipinski definition) is 0. The van der Waals surface area contributed by atoms with E-state index in [-0.39, 0.29) is 0 Å². The Kier molecular flexibility index (Phi) is 7.47. The van der Waals surface area contributed by atoms with Crippen LogP contribution in [0.3, 0.4) is 0 Å². The van der Waals surface area contributed by atoms with Crippen LogP contribution in [0, 0.1) is 0 Å². The molecule has 0 unspecified atom stereocenters. The molecule has 10 aromatic rings. The van der Waals surface area contributed by atoms with E-state index < -0.39 is 5.41 Å². The largest absolute Gasteiger partial charge is 0.456 e. The first-order chi connectivity index (χ1) is 27.7. The van der Waals surface area contributed by atoms with Crippen molar-refractivity contribution in [2.75, 3.05) is 0 Å². The molecule has 1 aliphatic rings. The minimum Gasteiger partial charge on any atom is -0.456 e. The molecule has 0 aliphatic heterocycles. The van der Waals surface area contributed by atoms with Crippen molar-refractivity contribution in [2.24, 2.45) is 0 Å². The van der Waals surface area contributed by atoms with Gasteiger partial charge in [-0.15, -0.1) is 0 Å². The van der Waals surface area contributed by atoms with Crippen LogP contribution in [0.25, 0.3) is 77.6 Å².